The van der Waals surface area contributed by atoms with Crippen LogP contribution in [0.25, 0.3) is 0 Å². The average molecular weight is 333 g/mol. The average Bonchev–Trinajstić information content (AvgIpc) is 2.93. The number of oxazole rings is 1. The van der Waals surface area contributed by atoms with Gasteiger partial charge in [0.1, 0.15) is 5.76 Å². The highest BCUT2D eigenvalue weighted by molar-refractivity contribution is 6.36. The highest BCUT2D eigenvalue weighted by Crippen LogP contribution is 2.28. The summed E-state index contributed by atoms with van der Waals surface area (Å²) < 4.78 is 5.69. The highest BCUT2D eigenvalue weighted by Gasteiger charge is 2.10. The third-order valence-electron chi connectivity index (χ3n) is 3.27. The molecule has 0 unspecified atom stereocenters. The number of aromatic nitrogens is 1. The lowest BCUT2D eigenvalue weighted by Gasteiger charge is -2.04. The zero-order valence-corrected chi connectivity index (χ0v) is 13.4. The van der Waals surface area contributed by atoms with E-state index in [1.807, 2.05) is 49.4 Å². The molecule has 0 saturated carbocycles. The fraction of sp³-hybridized carbons (Fsp3) is 0.118. The minimum atomic E-state index is 0.446. The summed E-state index contributed by atoms with van der Waals surface area (Å²) in [6.45, 7) is 2.04. The van der Waals surface area contributed by atoms with Crippen LogP contribution in [0.3, 0.4) is 0 Å². The van der Waals surface area contributed by atoms with Gasteiger partial charge in [-0.3, -0.25) is 0 Å². The molecule has 0 saturated heterocycles. The summed E-state index contributed by atoms with van der Waals surface area (Å²) in [6.07, 6.45) is 2.18. The molecule has 0 bridgehead atoms. The molecule has 0 amide bonds. The van der Waals surface area contributed by atoms with Crippen molar-refractivity contribution in [2.24, 2.45) is 0 Å². The second-order valence-electron chi connectivity index (χ2n) is 5.00. The van der Waals surface area contributed by atoms with Gasteiger partial charge in [0.2, 0.25) is 0 Å². The van der Waals surface area contributed by atoms with Crippen molar-refractivity contribution < 1.29 is 4.42 Å². The number of benzene rings is 2. The van der Waals surface area contributed by atoms with Crippen LogP contribution in [0.1, 0.15) is 16.9 Å². The van der Waals surface area contributed by atoms with Crippen molar-refractivity contribution in [3.8, 4) is 0 Å². The first-order chi connectivity index (χ1) is 10.6. The van der Waals surface area contributed by atoms with E-state index in [0.717, 1.165) is 11.3 Å². The maximum Gasteiger partial charge on any atom is 0.299 e. The standard InChI is InChI=1S/C17H14Cl2N2O/c1-11-5-7-12(8-6-11)21-17-20-10-13(22-17)9-14-15(18)3-2-4-16(14)19/h2-8,10H,9H2,1H3,(H,20,21). The molecule has 0 spiro atoms. The summed E-state index contributed by atoms with van der Waals surface area (Å²) in [7, 11) is 0. The number of hydrogen-bond acceptors (Lipinski definition) is 3. The van der Waals surface area contributed by atoms with Gasteiger partial charge in [0, 0.05) is 22.2 Å². The first kappa shape index (κ1) is 14.9. The van der Waals surface area contributed by atoms with Crippen LogP contribution < -0.4 is 5.32 Å². The van der Waals surface area contributed by atoms with Gasteiger partial charge in [0.25, 0.3) is 6.01 Å². The zero-order chi connectivity index (χ0) is 15.5. The quantitative estimate of drug-likeness (QED) is 0.673. The van der Waals surface area contributed by atoms with Crippen molar-refractivity contribution in [3.05, 3.63) is 75.6 Å². The van der Waals surface area contributed by atoms with Crippen LogP contribution >= 0.6 is 23.2 Å². The highest BCUT2D eigenvalue weighted by atomic mass is 35.5. The van der Waals surface area contributed by atoms with E-state index in [9.17, 15) is 0 Å². The van der Waals surface area contributed by atoms with Gasteiger partial charge >= 0.3 is 0 Å². The predicted octanol–water partition coefficient (Wildman–Crippen LogP) is 5.62. The third-order valence-corrected chi connectivity index (χ3v) is 3.98. The number of aryl methyl sites for hydroxylation is 1. The van der Waals surface area contributed by atoms with Crippen molar-refractivity contribution in [1.82, 2.24) is 4.98 Å². The summed E-state index contributed by atoms with van der Waals surface area (Å²) in [5, 5.41) is 4.37. The Morgan fingerprint density at radius 3 is 2.41 bits per heavy atom. The monoisotopic (exact) mass is 332 g/mol. The number of halogens is 2. The van der Waals surface area contributed by atoms with E-state index in [-0.39, 0.29) is 0 Å². The van der Waals surface area contributed by atoms with E-state index in [4.69, 9.17) is 27.6 Å². The van der Waals surface area contributed by atoms with Crippen LogP contribution in [-0.2, 0) is 6.42 Å². The van der Waals surface area contributed by atoms with Crippen LogP contribution in [0.2, 0.25) is 10.0 Å². The minimum Gasteiger partial charge on any atom is -0.428 e. The molecule has 0 radical (unpaired) electrons. The Morgan fingerprint density at radius 2 is 1.73 bits per heavy atom. The van der Waals surface area contributed by atoms with Crippen LogP contribution in [0, 0.1) is 6.92 Å². The number of anilines is 2. The van der Waals surface area contributed by atoms with E-state index < -0.39 is 0 Å². The molecule has 0 aliphatic rings. The maximum absolute atomic E-state index is 6.17. The first-order valence-corrected chi connectivity index (χ1v) is 7.59. The molecular weight excluding hydrogens is 319 g/mol. The molecular formula is C17H14Cl2N2O. The molecule has 1 heterocycles. The minimum absolute atomic E-state index is 0.446. The Hall–Kier alpha value is -1.97. The van der Waals surface area contributed by atoms with Crippen LogP contribution in [0.15, 0.2) is 53.1 Å². The molecule has 5 heteroatoms. The summed E-state index contributed by atoms with van der Waals surface area (Å²) in [6, 6.07) is 13.9. The SMILES string of the molecule is Cc1ccc(Nc2ncc(Cc3c(Cl)cccc3Cl)o2)cc1. The fourth-order valence-corrected chi connectivity index (χ4v) is 2.61. The smallest absolute Gasteiger partial charge is 0.299 e. The first-order valence-electron chi connectivity index (χ1n) is 6.83. The molecule has 0 aliphatic carbocycles. The molecule has 0 aliphatic heterocycles. The lowest BCUT2D eigenvalue weighted by Crippen LogP contribution is -1.90. The Kier molecular flexibility index (Phi) is 4.36. The predicted molar refractivity (Wildman–Crippen MR) is 90.2 cm³/mol. The molecule has 3 aromatic rings. The van der Waals surface area contributed by atoms with Crippen molar-refractivity contribution in [2.45, 2.75) is 13.3 Å². The van der Waals surface area contributed by atoms with Crippen LogP contribution in [0.4, 0.5) is 11.7 Å². The van der Waals surface area contributed by atoms with E-state index in [0.29, 0.717) is 28.2 Å². The normalized spacial score (nSPS) is 10.7. The Balaban J connectivity index is 1.75. The zero-order valence-electron chi connectivity index (χ0n) is 11.9. The van der Waals surface area contributed by atoms with Gasteiger partial charge in [0.05, 0.1) is 6.20 Å². The van der Waals surface area contributed by atoms with Crippen molar-refractivity contribution in [3.63, 3.8) is 0 Å². The molecule has 112 valence electrons. The topological polar surface area (TPSA) is 38.1 Å². The largest absolute Gasteiger partial charge is 0.428 e. The van der Waals surface area contributed by atoms with Gasteiger partial charge in [-0.25, -0.2) is 4.98 Å². The van der Waals surface area contributed by atoms with Gasteiger partial charge in [-0.05, 0) is 36.8 Å². The van der Waals surface area contributed by atoms with Gasteiger partial charge < -0.3 is 9.73 Å². The molecule has 1 aromatic heterocycles. The number of nitrogens with zero attached hydrogens (tertiary/aromatic N) is 1. The third kappa shape index (κ3) is 3.43. The maximum atomic E-state index is 6.17. The molecule has 3 rings (SSSR count). The van der Waals surface area contributed by atoms with E-state index >= 15 is 0 Å². The Bertz CT molecular complexity index is 761. The molecule has 3 nitrogen and oxygen atoms in total. The summed E-state index contributed by atoms with van der Waals surface area (Å²) in [5.74, 6) is 0.699. The van der Waals surface area contributed by atoms with Crippen molar-refractivity contribution >= 4 is 34.9 Å². The fourth-order valence-electron chi connectivity index (χ4n) is 2.08. The Labute approximate surface area is 138 Å². The van der Waals surface area contributed by atoms with Crippen LogP contribution in [0.5, 0.6) is 0 Å². The molecule has 1 N–H and O–H groups in total. The number of nitrogens with one attached hydrogen (secondary N) is 1. The number of rotatable bonds is 4. The van der Waals surface area contributed by atoms with Gasteiger partial charge in [0.15, 0.2) is 0 Å². The summed E-state index contributed by atoms with van der Waals surface area (Å²) >= 11 is 12.3. The lowest BCUT2D eigenvalue weighted by molar-refractivity contribution is 0.532. The van der Waals surface area contributed by atoms with Gasteiger partial charge in [-0.2, -0.15) is 0 Å². The van der Waals surface area contributed by atoms with Crippen molar-refractivity contribution in [1.29, 1.82) is 0 Å². The van der Waals surface area contributed by atoms with E-state index in [1.54, 1.807) is 6.20 Å². The second kappa shape index (κ2) is 6.42. The van der Waals surface area contributed by atoms with E-state index in [1.165, 1.54) is 5.56 Å². The van der Waals surface area contributed by atoms with Gasteiger partial charge in [-0.15, -0.1) is 0 Å². The summed E-state index contributed by atoms with van der Waals surface area (Å²) in [4.78, 5) is 4.23. The summed E-state index contributed by atoms with van der Waals surface area (Å²) in [5.41, 5.74) is 2.96. The molecule has 22 heavy (non-hydrogen) atoms. The second-order valence-corrected chi connectivity index (χ2v) is 5.81. The Morgan fingerprint density at radius 1 is 1.05 bits per heavy atom. The van der Waals surface area contributed by atoms with Crippen LogP contribution in [-0.4, -0.2) is 4.98 Å². The van der Waals surface area contributed by atoms with Gasteiger partial charge in [-0.1, -0.05) is 47.0 Å². The van der Waals surface area contributed by atoms with Crippen molar-refractivity contribution in [2.75, 3.05) is 5.32 Å². The molecule has 2 aromatic carbocycles. The lowest BCUT2D eigenvalue weighted by atomic mass is 10.1. The van der Waals surface area contributed by atoms with E-state index in [2.05, 4.69) is 10.3 Å². The number of hydrogen-bond donors (Lipinski definition) is 1. The molecule has 0 atom stereocenters. The molecule has 0 fully saturated rings.